The minimum Gasteiger partial charge on any atom is -0.453 e. The van der Waals surface area contributed by atoms with E-state index in [2.05, 4.69) is 130 Å². The zero-order valence-electron chi connectivity index (χ0n) is 35.3. The molecule has 0 unspecified atom stereocenters. The van der Waals surface area contributed by atoms with Crippen LogP contribution in [0.25, 0.3) is 67.0 Å². The zero-order chi connectivity index (χ0) is 43.6. The van der Waals surface area contributed by atoms with E-state index < -0.39 is 0 Å². The van der Waals surface area contributed by atoms with E-state index in [1.54, 1.807) is 0 Å². The molecule has 2 aliphatic rings. The highest BCUT2D eigenvalue weighted by molar-refractivity contribution is 5.95. The number of aromatic nitrogens is 4. The molecule has 0 N–H and O–H groups in total. The van der Waals surface area contributed by atoms with Crippen molar-refractivity contribution in [3.05, 3.63) is 219 Å². The van der Waals surface area contributed by atoms with E-state index in [9.17, 15) is 0 Å². The lowest BCUT2D eigenvalue weighted by Crippen LogP contribution is -2.16. The average molecular weight is 849 g/mol. The molecule has 66 heavy (non-hydrogen) atoms. The van der Waals surface area contributed by atoms with Crippen molar-refractivity contribution in [3.8, 4) is 68.2 Å². The molecule has 8 heteroatoms. The standard InChI is InChI=1S/C58H36N6O2/c1-2-12-37(13-3-1)56-45-15-5-7-17-47(45)61-58(62-56)39-24-30-44(31-25-39)64-49-19-9-11-21-53(49)66-55-35-41(27-33-51(55)64)40-26-32-50-54(34-40)65-52-20-10-8-18-48(52)63(50)43-28-22-38(23-29-43)57-59-36-42-14-4-6-16-46(42)60-57/h1-36H. The molecule has 9 aromatic carbocycles. The van der Waals surface area contributed by atoms with E-state index >= 15 is 0 Å². The molecule has 0 spiro atoms. The van der Waals surface area contributed by atoms with Crippen molar-refractivity contribution >= 4 is 55.9 Å². The van der Waals surface area contributed by atoms with Gasteiger partial charge in [0.25, 0.3) is 0 Å². The van der Waals surface area contributed by atoms with E-state index in [1.165, 1.54) is 0 Å². The third kappa shape index (κ3) is 6.39. The monoisotopic (exact) mass is 848 g/mol. The normalized spacial score (nSPS) is 12.4. The van der Waals surface area contributed by atoms with Gasteiger partial charge >= 0.3 is 0 Å². The van der Waals surface area contributed by atoms with Crippen LogP contribution in [-0.2, 0) is 0 Å². The number of benzene rings is 9. The lowest BCUT2D eigenvalue weighted by Gasteiger charge is -2.34. The topological polar surface area (TPSA) is 76.5 Å². The predicted molar refractivity (Wildman–Crippen MR) is 264 cm³/mol. The molecule has 13 rings (SSSR count). The highest BCUT2D eigenvalue weighted by Crippen LogP contribution is 2.54. The number of anilines is 6. The minimum absolute atomic E-state index is 0.678. The van der Waals surface area contributed by atoms with Crippen molar-refractivity contribution in [3.63, 3.8) is 0 Å². The van der Waals surface area contributed by atoms with Crippen molar-refractivity contribution in [2.75, 3.05) is 9.80 Å². The van der Waals surface area contributed by atoms with Gasteiger partial charge in [0.05, 0.1) is 39.5 Å². The maximum atomic E-state index is 6.67. The van der Waals surface area contributed by atoms with Crippen LogP contribution in [0.15, 0.2) is 219 Å². The fourth-order valence-electron chi connectivity index (χ4n) is 9.08. The summed E-state index contributed by atoms with van der Waals surface area (Å²) in [4.78, 5) is 24.1. The van der Waals surface area contributed by atoms with Crippen molar-refractivity contribution in [2.45, 2.75) is 0 Å². The summed E-state index contributed by atoms with van der Waals surface area (Å²) in [5.41, 5.74) is 13.5. The van der Waals surface area contributed by atoms with Crippen LogP contribution in [-0.4, -0.2) is 19.9 Å². The molecule has 2 aromatic heterocycles. The van der Waals surface area contributed by atoms with Gasteiger partial charge in [-0.25, -0.2) is 19.9 Å². The number of hydrogen-bond donors (Lipinski definition) is 0. The third-order valence-corrected chi connectivity index (χ3v) is 12.3. The SMILES string of the molecule is c1ccc(-c2nc(-c3ccc(N4c5ccccc5Oc5cc(-c6ccc7c(c6)Oc6ccccc6N7c6ccc(-c7ncc8ccccc8n7)cc6)ccc54)cc3)nc3ccccc23)cc1. The highest BCUT2D eigenvalue weighted by Gasteiger charge is 2.29. The number of rotatable bonds is 6. The Hall–Kier alpha value is -9.14. The van der Waals surface area contributed by atoms with Gasteiger partial charge in [-0.2, -0.15) is 0 Å². The first-order chi connectivity index (χ1) is 32.7. The van der Waals surface area contributed by atoms with Crippen LogP contribution in [0.3, 0.4) is 0 Å². The number of ether oxygens (including phenoxy) is 2. The zero-order valence-corrected chi connectivity index (χ0v) is 35.3. The molecule has 11 aromatic rings. The largest absolute Gasteiger partial charge is 0.453 e. The lowest BCUT2D eigenvalue weighted by molar-refractivity contribution is 0.476. The number of fused-ring (bicyclic) bond motifs is 6. The summed E-state index contributed by atoms with van der Waals surface area (Å²) in [6.45, 7) is 0. The first kappa shape index (κ1) is 37.4. The van der Waals surface area contributed by atoms with E-state index in [4.69, 9.17) is 24.4 Å². The molecular weight excluding hydrogens is 813 g/mol. The second kappa shape index (κ2) is 15.3. The molecule has 0 saturated carbocycles. The lowest BCUT2D eigenvalue weighted by atomic mass is 10.0. The molecule has 2 aliphatic heterocycles. The second-order valence-electron chi connectivity index (χ2n) is 16.3. The molecule has 0 fully saturated rings. The smallest absolute Gasteiger partial charge is 0.160 e. The van der Waals surface area contributed by atoms with E-state index in [1.807, 2.05) is 103 Å². The molecule has 0 aliphatic carbocycles. The van der Waals surface area contributed by atoms with Crippen LogP contribution in [0, 0.1) is 0 Å². The van der Waals surface area contributed by atoms with Crippen molar-refractivity contribution in [1.82, 2.24) is 19.9 Å². The Morgan fingerprint density at radius 2 is 0.818 bits per heavy atom. The third-order valence-electron chi connectivity index (χ3n) is 12.3. The molecule has 0 saturated heterocycles. The van der Waals surface area contributed by atoms with Gasteiger partial charge in [-0.05, 0) is 120 Å². The maximum Gasteiger partial charge on any atom is 0.160 e. The first-order valence-electron chi connectivity index (χ1n) is 21.9. The molecule has 8 nitrogen and oxygen atoms in total. The highest BCUT2D eigenvalue weighted by atomic mass is 16.5. The van der Waals surface area contributed by atoms with E-state index in [-0.39, 0.29) is 0 Å². The molecular formula is C58H36N6O2. The van der Waals surface area contributed by atoms with Crippen LogP contribution < -0.4 is 19.3 Å². The fourth-order valence-corrected chi connectivity index (χ4v) is 9.08. The van der Waals surface area contributed by atoms with Gasteiger partial charge in [-0.3, -0.25) is 0 Å². The van der Waals surface area contributed by atoms with Gasteiger partial charge in [0.15, 0.2) is 34.6 Å². The molecule has 0 bridgehead atoms. The van der Waals surface area contributed by atoms with Gasteiger partial charge in [0, 0.05) is 45.0 Å². The minimum atomic E-state index is 0.678. The quantitative estimate of drug-likeness (QED) is 0.164. The summed E-state index contributed by atoms with van der Waals surface area (Å²) >= 11 is 0. The summed E-state index contributed by atoms with van der Waals surface area (Å²) in [6.07, 6.45) is 1.88. The first-order valence-corrected chi connectivity index (χ1v) is 21.9. The van der Waals surface area contributed by atoms with Gasteiger partial charge in [-0.1, -0.05) is 103 Å². The second-order valence-corrected chi connectivity index (χ2v) is 16.3. The summed E-state index contributed by atoms with van der Waals surface area (Å²) in [6, 6.07) is 72.5. The maximum absolute atomic E-state index is 6.67. The van der Waals surface area contributed by atoms with Crippen LogP contribution in [0.4, 0.5) is 34.1 Å². The fraction of sp³-hybridized carbons (Fsp3) is 0. The van der Waals surface area contributed by atoms with Crippen molar-refractivity contribution in [2.24, 2.45) is 0 Å². The number of nitrogens with zero attached hydrogens (tertiary/aromatic N) is 6. The van der Waals surface area contributed by atoms with E-state index in [0.717, 1.165) is 112 Å². The van der Waals surface area contributed by atoms with Crippen molar-refractivity contribution < 1.29 is 9.47 Å². The molecule has 0 radical (unpaired) electrons. The summed E-state index contributed by atoms with van der Waals surface area (Å²) in [7, 11) is 0. The molecule has 310 valence electrons. The van der Waals surface area contributed by atoms with Crippen LogP contribution in [0.1, 0.15) is 0 Å². The van der Waals surface area contributed by atoms with Crippen LogP contribution in [0.2, 0.25) is 0 Å². The Morgan fingerprint density at radius 1 is 0.333 bits per heavy atom. The Balaban J connectivity index is 0.832. The van der Waals surface area contributed by atoms with Gasteiger partial charge < -0.3 is 19.3 Å². The van der Waals surface area contributed by atoms with Gasteiger partial charge in [-0.15, -0.1) is 0 Å². The van der Waals surface area contributed by atoms with Crippen LogP contribution >= 0.6 is 0 Å². The summed E-state index contributed by atoms with van der Waals surface area (Å²) in [5.74, 6) is 4.43. The number of hydrogen-bond acceptors (Lipinski definition) is 8. The Morgan fingerprint density at radius 3 is 1.45 bits per heavy atom. The predicted octanol–water partition coefficient (Wildman–Crippen LogP) is 15.4. The Bertz CT molecular complexity index is 3670. The Labute approximate surface area is 380 Å². The van der Waals surface area contributed by atoms with E-state index in [0.29, 0.717) is 11.6 Å². The molecule has 0 atom stereocenters. The summed E-state index contributed by atoms with van der Waals surface area (Å²) < 4.78 is 13.3. The average Bonchev–Trinajstić information content (AvgIpc) is 3.39. The van der Waals surface area contributed by atoms with Crippen molar-refractivity contribution in [1.29, 1.82) is 0 Å². The van der Waals surface area contributed by atoms with Gasteiger partial charge in [0.2, 0.25) is 0 Å². The molecule has 0 amide bonds. The summed E-state index contributed by atoms with van der Waals surface area (Å²) in [5, 5.41) is 2.04. The van der Waals surface area contributed by atoms with Crippen LogP contribution in [0.5, 0.6) is 23.0 Å². The number of para-hydroxylation sites is 6. The Kier molecular flexibility index (Phi) is 8.67. The van der Waals surface area contributed by atoms with Gasteiger partial charge in [0.1, 0.15) is 0 Å². The molecule has 4 heterocycles.